The van der Waals surface area contributed by atoms with Crippen LogP contribution in [0.15, 0.2) is 24.3 Å². The maximum absolute atomic E-state index is 3.78. The summed E-state index contributed by atoms with van der Waals surface area (Å²) in [6.07, 6.45) is 24.9. The second-order valence-corrected chi connectivity index (χ2v) is 5.07. The number of unbranched alkanes of at least 4 members (excludes halogenated alkanes) is 9. The van der Waals surface area contributed by atoms with Gasteiger partial charge in [-0.3, -0.25) is 0 Å². The highest BCUT2D eigenvalue weighted by atomic mass is 14.0. The largest absolute Gasteiger partial charge is 0.0885 e. The van der Waals surface area contributed by atoms with Gasteiger partial charge in [-0.25, -0.2) is 0 Å². The van der Waals surface area contributed by atoms with E-state index < -0.39 is 0 Å². The SMILES string of the molecule is [CH2]CC=CCCC=CCCCCCCCCCC. The smallest absolute Gasteiger partial charge is 0.0316 e. The first-order valence-electron chi connectivity index (χ1n) is 8.01. The van der Waals surface area contributed by atoms with Crippen LogP contribution in [0.25, 0.3) is 0 Å². The minimum absolute atomic E-state index is 0.919. The average Bonchev–Trinajstić information content (AvgIpc) is 2.39. The van der Waals surface area contributed by atoms with Crippen LogP contribution in [0.4, 0.5) is 0 Å². The predicted octanol–water partition coefficient (Wildman–Crippen LogP) is 6.63. The molecule has 0 aliphatic heterocycles. The molecule has 0 rings (SSSR count). The van der Waals surface area contributed by atoms with Crippen LogP contribution in [-0.2, 0) is 0 Å². The van der Waals surface area contributed by atoms with Crippen molar-refractivity contribution < 1.29 is 0 Å². The molecule has 0 aromatic rings. The van der Waals surface area contributed by atoms with Crippen molar-refractivity contribution in [1.29, 1.82) is 0 Å². The molecule has 0 spiro atoms. The zero-order valence-corrected chi connectivity index (χ0v) is 12.5. The Balaban J connectivity index is 3.06. The molecule has 0 N–H and O–H groups in total. The van der Waals surface area contributed by atoms with Gasteiger partial charge in [0.1, 0.15) is 0 Å². The van der Waals surface area contributed by atoms with Crippen LogP contribution in [-0.4, -0.2) is 0 Å². The lowest BCUT2D eigenvalue weighted by atomic mass is 10.1. The molecule has 105 valence electrons. The van der Waals surface area contributed by atoms with Crippen LogP contribution in [0.5, 0.6) is 0 Å². The normalized spacial score (nSPS) is 11.9. The van der Waals surface area contributed by atoms with Crippen LogP contribution in [0.1, 0.15) is 84.0 Å². The molecule has 0 heterocycles. The standard InChI is InChI=1S/C18H33/c1-3-5-7-9-11-13-15-17-18-16-14-12-10-8-6-4-2/h5,7,13,15H,1,3-4,6,8-12,14,16-18H2,2H3. The molecule has 0 fully saturated rings. The van der Waals surface area contributed by atoms with Crippen LogP contribution >= 0.6 is 0 Å². The molecule has 0 bridgehead atoms. The van der Waals surface area contributed by atoms with E-state index in [0.29, 0.717) is 0 Å². The van der Waals surface area contributed by atoms with Crippen molar-refractivity contribution in [2.24, 2.45) is 0 Å². The van der Waals surface area contributed by atoms with Gasteiger partial charge in [0.25, 0.3) is 0 Å². The van der Waals surface area contributed by atoms with Crippen molar-refractivity contribution in [1.82, 2.24) is 0 Å². The fourth-order valence-corrected chi connectivity index (χ4v) is 2.06. The molecule has 18 heavy (non-hydrogen) atoms. The van der Waals surface area contributed by atoms with Crippen molar-refractivity contribution in [3.05, 3.63) is 31.2 Å². The summed E-state index contributed by atoms with van der Waals surface area (Å²) in [7, 11) is 0. The Labute approximate surface area is 116 Å². The van der Waals surface area contributed by atoms with Crippen LogP contribution in [0, 0.1) is 6.92 Å². The van der Waals surface area contributed by atoms with Crippen molar-refractivity contribution in [2.45, 2.75) is 84.0 Å². The van der Waals surface area contributed by atoms with Crippen LogP contribution in [0.3, 0.4) is 0 Å². The van der Waals surface area contributed by atoms with Gasteiger partial charge in [-0.2, -0.15) is 0 Å². The van der Waals surface area contributed by atoms with Crippen molar-refractivity contribution >= 4 is 0 Å². The van der Waals surface area contributed by atoms with E-state index in [-0.39, 0.29) is 0 Å². The maximum Gasteiger partial charge on any atom is -0.0316 e. The zero-order chi connectivity index (χ0) is 13.3. The van der Waals surface area contributed by atoms with E-state index in [2.05, 4.69) is 38.2 Å². The molecule has 0 unspecified atom stereocenters. The van der Waals surface area contributed by atoms with Gasteiger partial charge in [0.15, 0.2) is 0 Å². The first kappa shape index (κ1) is 17.5. The van der Waals surface area contributed by atoms with E-state index in [1.54, 1.807) is 0 Å². The first-order chi connectivity index (χ1) is 8.91. The summed E-state index contributed by atoms with van der Waals surface area (Å²) in [5.41, 5.74) is 0. The number of hydrogen-bond donors (Lipinski definition) is 0. The third-order valence-corrected chi connectivity index (χ3v) is 3.22. The van der Waals surface area contributed by atoms with E-state index >= 15 is 0 Å². The molecule has 0 atom stereocenters. The summed E-state index contributed by atoms with van der Waals surface area (Å²) >= 11 is 0. The van der Waals surface area contributed by atoms with E-state index in [1.165, 1.54) is 70.6 Å². The summed E-state index contributed by atoms with van der Waals surface area (Å²) in [5, 5.41) is 0. The highest BCUT2D eigenvalue weighted by Gasteiger charge is 1.90. The quantitative estimate of drug-likeness (QED) is 0.254. The van der Waals surface area contributed by atoms with E-state index in [1.807, 2.05) is 0 Å². The molecule has 0 aliphatic carbocycles. The van der Waals surface area contributed by atoms with Gasteiger partial charge in [-0.1, -0.05) is 76.2 Å². The van der Waals surface area contributed by atoms with Gasteiger partial charge in [0.2, 0.25) is 0 Å². The molecule has 0 aliphatic rings. The lowest BCUT2D eigenvalue weighted by molar-refractivity contribution is 0.577. The van der Waals surface area contributed by atoms with Crippen molar-refractivity contribution in [3.63, 3.8) is 0 Å². The predicted molar refractivity (Wildman–Crippen MR) is 84.7 cm³/mol. The summed E-state index contributed by atoms with van der Waals surface area (Å²) in [5.74, 6) is 0. The Morgan fingerprint density at radius 1 is 0.611 bits per heavy atom. The van der Waals surface area contributed by atoms with Gasteiger partial charge >= 0.3 is 0 Å². The highest BCUT2D eigenvalue weighted by molar-refractivity contribution is 4.88. The van der Waals surface area contributed by atoms with Gasteiger partial charge < -0.3 is 0 Å². The number of hydrogen-bond acceptors (Lipinski definition) is 0. The average molecular weight is 249 g/mol. The number of rotatable bonds is 13. The Bertz CT molecular complexity index is 188. The lowest BCUT2D eigenvalue weighted by Crippen LogP contribution is -1.79. The Morgan fingerprint density at radius 3 is 1.72 bits per heavy atom. The third kappa shape index (κ3) is 15.5. The molecular weight excluding hydrogens is 216 g/mol. The molecular formula is C18H33. The molecule has 0 aromatic carbocycles. The second kappa shape index (κ2) is 16.5. The summed E-state index contributed by atoms with van der Waals surface area (Å²) in [6, 6.07) is 0. The third-order valence-electron chi connectivity index (χ3n) is 3.22. The lowest BCUT2D eigenvalue weighted by Gasteiger charge is -1.99. The Hall–Kier alpha value is -0.520. The number of allylic oxidation sites excluding steroid dienone is 4. The molecule has 0 nitrogen and oxygen atoms in total. The van der Waals surface area contributed by atoms with Crippen molar-refractivity contribution in [3.8, 4) is 0 Å². The highest BCUT2D eigenvalue weighted by Crippen LogP contribution is 2.09. The second-order valence-electron chi connectivity index (χ2n) is 5.07. The monoisotopic (exact) mass is 249 g/mol. The maximum atomic E-state index is 3.78. The molecule has 0 amide bonds. The van der Waals surface area contributed by atoms with E-state index in [4.69, 9.17) is 0 Å². The minimum Gasteiger partial charge on any atom is -0.0885 e. The van der Waals surface area contributed by atoms with E-state index in [9.17, 15) is 0 Å². The van der Waals surface area contributed by atoms with Gasteiger partial charge in [0.05, 0.1) is 0 Å². The fourth-order valence-electron chi connectivity index (χ4n) is 2.06. The topological polar surface area (TPSA) is 0 Å². The first-order valence-corrected chi connectivity index (χ1v) is 8.01. The zero-order valence-electron chi connectivity index (χ0n) is 12.5. The summed E-state index contributed by atoms with van der Waals surface area (Å²) < 4.78 is 0. The van der Waals surface area contributed by atoms with Gasteiger partial charge in [-0.15, -0.1) is 0 Å². The molecule has 0 saturated carbocycles. The van der Waals surface area contributed by atoms with Gasteiger partial charge in [-0.05, 0) is 39.0 Å². The summed E-state index contributed by atoms with van der Waals surface area (Å²) in [6.45, 7) is 6.06. The molecule has 1 radical (unpaired) electrons. The van der Waals surface area contributed by atoms with Gasteiger partial charge in [0, 0.05) is 0 Å². The Kier molecular flexibility index (Phi) is 16.0. The van der Waals surface area contributed by atoms with Crippen molar-refractivity contribution in [2.75, 3.05) is 0 Å². The Morgan fingerprint density at radius 2 is 1.11 bits per heavy atom. The fraction of sp³-hybridized carbons (Fsp3) is 0.722. The molecule has 0 saturated heterocycles. The molecule has 0 heteroatoms. The molecule has 0 aromatic heterocycles. The van der Waals surface area contributed by atoms with E-state index in [0.717, 1.165) is 6.42 Å². The van der Waals surface area contributed by atoms with Crippen LogP contribution in [0.2, 0.25) is 0 Å². The summed E-state index contributed by atoms with van der Waals surface area (Å²) in [4.78, 5) is 0. The van der Waals surface area contributed by atoms with Crippen LogP contribution < -0.4 is 0 Å². The minimum atomic E-state index is 0.919.